The highest BCUT2D eigenvalue weighted by atomic mass is 16.4. The summed E-state index contributed by atoms with van der Waals surface area (Å²) in [6, 6.07) is 0.754. The van der Waals surface area contributed by atoms with Gasteiger partial charge in [-0.3, -0.25) is 4.79 Å². The molecule has 1 aliphatic rings. The predicted octanol–water partition coefficient (Wildman–Crippen LogP) is 0.0866. The number of amides is 1. The van der Waals surface area contributed by atoms with Crippen LogP contribution in [0.3, 0.4) is 0 Å². The van der Waals surface area contributed by atoms with E-state index in [1.54, 1.807) is 13.0 Å². The molecule has 0 aliphatic carbocycles. The molecule has 0 radical (unpaired) electrons. The van der Waals surface area contributed by atoms with Crippen LogP contribution < -0.4 is 5.32 Å². The van der Waals surface area contributed by atoms with Crippen molar-refractivity contribution in [1.29, 1.82) is 0 Å². The van der Waals surface area contributed by atoms with Gasteiger partial charge in [0.2, 0.25) is 0 Å². The van der Waals surface area contributed by atoms with E-state index in [1.165, 1.54) is 11.2 Å². The van der Waals surface area contributed by atoms with Crippen molar-refractivity contribution in [1.82, 2.24) is 10.2 Å². The van der Waals surface area contributed by atoms with Gasteiger partial charge in [0.1, 0.15) is 11.8 Å². The number of aryl methyl sites for hydroxylation is 1. The molecule has 6 nitrogen and oxygen atoms in total. The Morgan fingerprint density at radius 1 is 1.59 bits per heavy atom. The van der Waals surface area contributed by atoms with Gasteiger partial charge in [0.15, 0.2) is 0 Å². The topological polar surface area (TPSA) is 82.8 Å². The number of nitrogens with zero attached hydrogens (tertiary/aromatic N) is 1. The van der Waals surface area contributed by atoms with Crippen LogP contribution in [0.5, 0.6) is 0 Å². The van der Waals surface area contributed by atoms with Crippen molar-refractivity contribution < 1.29 is 19.1 Å². The Bertz CT molecular complexity index is 440. The molecule has 17 heavy (non-hydrogen) atoms. The number of hydrogen-bond acceptors (Lipinski definition) is 4. The van der Waals surface area contributed by atoms with Crippen molar-refractivity contribution in [2.75, 3.05) is 19.6 Å². The molecule has 2 heterocycles. The Labute approximate surface area is 98.2 Å². The average molecular weight is 238 g/mol. The Balaban J connectivity index is 2.23. The molecule has 0 bridgehead atoms. The van der Waals surface area contributed by atoms with Gasteiger partial charge in [-0.1, -0.05) is 0 Å². The molecule has 1 unspecified atom stereocenters. The van der Waals surface area contributed by atoms with Crippen molar-refractivity contribution in [2.45, 2.75) is 13.0 Å². The zero-order valence-electron chi connectivity index (χ0n) is 9.47. The maximum atomic E-state index is 12.2. The smallest absolute Gasteiger partial charge is 0.327 e. The lowest BCUT2D eigenvalue weighted by Crippen LogP contribution is -2.57. The Morgan fingerprint density at radius 2 is 2.35 bits per heavy atom. The number of carbonyl (C=O) groups is 2. The zero-order valence-corrected chi connectivity index (χ0v) is 9.47. The second-order valence-corrected chi connectivity index (χ2v) is 3.95. The molecule has 1 fully saturated rings. The first-order chi connectivity index (χ1) is 8.11. The number of rotatable bonds is 2. The third-order valence-corrected chi connectivity index (χ3v) is 2.88. The number of carboxylic acids is 1. The van der Waals surface area contributed by atoms with Gasteiger partial charge in [-0.2, -0.15) is 0 Å². The summed E-state index contributed by atoms with van der Waals surface area (Å²) in [4.78, 5) is 24.6. The maximum absolute atomic E-state index is 12.2. The Hall–Kier alpha value is -1.82. The average Bonchev–Trinajstić information content (AvgIpc) is 2.74. The fraction of sp³-hybridized carbons (Fsp3) is 0.455. The minimum absolute atomic E-state index is 0.276. The van der Waals surface area contributed by atoms with E-state index in [-0.39, 0.29) is 12.5 Å². The van der Waals surface area contributed by atoms with Crippen molar-refractivity contribution in [3.05, 3.63) is 23.7 Å². The summed E-state index contributed by atoms with van der Waals surface area (Å²) in [5.41, 5.74) is 0.429. The number of nitrogens with one attached hydrogen (secondary N) is 1. The van der Waals surface area contributed by atoms with Gasteiger partial charge in [-0.25, -0.2) is 4.79 Å². The summed E-state index contributed by atoms with van der Waals surface area (Å²) >= 11 is 0. The SMILES string of the molecule is Cc1occc1C(=O)N1CCNCC1C(=O)O. The molecule has 0 spiro atoms. The van der Waals surface area contributed by atoms with Crippen LogP contribution in [-0.4, -0.2) is 47.6 Å². The molecule has 1 atom stereocenters. The molecule has 2 N–H and O–H groups in total. The third kappa shape index (κ3) is 2.16. The first-order valence-corrected chi connectivity index (χ1v) is 5.40. The minimum atomic E-state index is -0.994. The number of hydrogen-bond donors (Lipinski definition) is 2. The van der Waals surface area contributed by atoms with Gasteiger partial charge in [0, 0.05) is 19.6 Å². The molecule has 0 aromatic carbocycles. The van der Waals surface area contributed by atoms with Crippen molar-refractivity contribution in [2.24, 2.45) is 0 Å². The lowest BCUT2D eigenvalue weighted by Gasteiger charge is -2.33. The number of carbonyl (C=O) groups excluding carboxylic acids is 1. The number of carboxylic acid groups (broad SMARTS) is 1. The van der Waals surface area contributed by atoms with Gasteiger partial charge in [0.05, 0.1) is 11.8 Å². The number of aliphatic carboxylic acids is 1. The molecule has 1 aromatic heterocycles. The summed E-state index contributed by atoms with van der Waals surface area (Å²) in [6.45, 7) is 2.95. The van der Waals surface area contributed by atoms with Crippen LogP contribution in [0.25, 0.3) is 0 Å². The van der Waals surface area contributed by atoms with Crippen molar-refractivity contribution in [3.8, 4) is 0 Å². The maximum Gasteiger partial charge on any atom is 0.327 e. The van der Waals surface area contributed by atoms with E-state index in [4.69, 9.17) is 9.52 Å². The molecule has 0 saturated carbocycles. The molecule has 1 saturated heterocycles. The van der Waals surface area contributed by atoms with Crippen LogP contribution in [0.4, 0.5) is 0 Å². The lowest BCUT2D eigenvalue weighted by molar-refractivity contribution is -0.142. The fourth-order valence-corrected chi connectivity index (χ4v) is 1.93. The van der Waals surface area contributed by atoms with Crippen LogP contribution >= 0.6 is 0 Å². The van der Waals surface area contributed by atoms with E-state index >= 15 is 0 Å². The highest BCUT2D eigenvalue weighted by molar-refractivity contribution is 5.97. The summed E-state index contributed by atoms with van der Waals surface area (Å²) in [5, 5.41) is 12.0. The number of piperazine rings is 1. The van der Waals surface area contributed by atoms with Gasteiger partial charge < -0.3 is 19.7 Å². The van der Waals surface area contributed by atoms with E-state index in [9.17, 15) is 9.59 Å². The largest absolute Gasteiger partial charge is 0.480 e. The zero-order chi connectivity index (χ0) is 12.4. The summed E-state index contributed by atoms with van der Waals surface area (Å²) in [6.07, 6.45) is 1.43. The van der Waals surface area contributed by atoms with E-state index < -0.39 is 12.0 Å². The predicted molar refractivity (Wildman–Crippen MR) is 58.8 cm³/mol. The van der Waals surface area contributed by atoms with Crippen LogP contribution in [0.15, 0.2) is 16.7 Å². The molecule has 92 valence electrons. The molecule has 1 aromatic rings. The summed E-state index contributed by atoms with van der Waals surface area (Å²) < 4.78 is 5.06. The number of furan rings is 1. The second kappa shape index (κ2) is 4.58. The Morgan fingerprint density at radius 3 is 2.94 bits per heavy atom. The van der Waals surface area contributed by atoms with Crippen molar-refractivity contribution in [3.63, 3.8) is 0 Å². The minimum Gasteiger partial charge on any atom is -0.480 e. The Kier molecular flexibility index (Phi) is 3.14. The normalized spacial score (nSPS) is 20.3. The first-order valence-electron chi connectivity index (χ1n) is 5.40. The standard InChI is InChI=1S/C11H14N2O4/c1-7-8(2-5-17-7)10(14)13-4-3-12-6-9(13)11(15)16/h2,5,9,12H,3-4,6H2,1H3,(H,15,16). The van der Waals surface area contributed by atoms with Crippen LogP contribution in [-0.2, 0) is 4.79 Å². The monoisotopic (exact) mass is 238 g/mol. The van der Waals surface area contributed by atoms with E-state index in [0.29, 0.717) is 24.4 Å². The molecular weight excluding hydrogens is 224 g/mol. The molecule has 6 heteroatoms. The summed E-state index contributed by atoms with van der Waals surface area (Å²) in [5.74, 6) is -0.769. The molecule has 1 aliphatic heterocycles. The van der Waals surface area contributed by atoms with Crippen LogP contribution in [0.2, 0.25) is 0 Å². The second-order valence-electron chi connectivity index (χ2n) is 3.95. The quantitative estimate of drug-likeness (QED) is 0.762. The van der Waals surface area contributed by atoms with E-state index in [1.807, 2.05) is 0 Å². The highest BCUT2D eigenvalue weighted by Crippen LogP contribution is 2.15. The van der Waals surface area contributed by atoms with Crippen LogP contribution in [0.1, 0.15) is 16.1 Å². The lowest BCUT2D eigenvalue weighted by atomic mass is 10.1. The first kappa shape index (κ1) is 11.7. The van der Waals surface area contributed by atoms with Gasteiger partial charge in [-0.05, 0) is 13.0 Å². The van der Waals surface area contributed by atoms with Gasteiger partial charge in [-0.15, -0.1) is 0 Å². The van der Waals surface area contributed by atoms with Crippen molar-refractivity contribution >= 4 is 11.9 Å². The molecule has 1 amide bonds. The fourth-order valence-electron chi connectivity index (χ4n) is 1.93. The molecular formula is C11H14N2O4. The molecule has 2 rings (SSSR count). The summed E-state index contributed by atoms with van der Waals surface area (Å²) in [7, 11) is 0. The highest BCUT2D eigenvalue weighted by Gasteiger charge is 2.33. The van der Waals surface area contributed by atoms with E-state index in [2.05, 4.69) is 5.32 Å². The van der Waals surface area contributed by atoms with Gasteiger partial charge >= 0.3 is 5.97 Å². The van der Waals surface area contributed by atoms with E-state index in [0.717, 1.165) is 0 Å². The third-order valence-electron chi connectivity index (χ3n) is 2.88. The van der Waals surface area contributed by atoms with Gasteiger partial charge in [0.25, 0.3) is 5.91 Å². The van der Waals surface area contributed by atoms with Crippen LogP contribution in [0, 0.1) is 6.92 Å².